The summed E-state index contributed by atoms with van der Waals surface area (Å²) in [6, 6.07) is 7.12. The lowest BCUT2D eigenvalue weighted by Crippen LogP contribution is -2.45. The summed E-state index contributed by atoms with van der Waals surface area (Å²) in [6.45, 7) is 9.36. The molecular weight excluding hydrogens is 268 g/mol. The number of rotatable bonds is 7. The molecule has 0 aliphatic carbocycles. The third kappa shape index (κ3) is 4.34. The Morgan fingerprint density at radius 3 is 2.57 bits per heavy atom. The smallest absolute Gasteiger partial charge is 0.239 e. The molecule has 5 nitrogen and oxygen atoms in total. The molecule has 0 unspecified atom stereocenters. The number of carbonyl (C=O) groups is 2. The van der Waals surface area contributed by atoms with Crippen LogP contribution in [0.5, 0.6) is 5.75 Å². The fourth-order valence-corrected chi connectivity index (χ4v) is 1.62. The SMILES string of the molecule is C=CCNC(=O)C(C)(C)C(=O)Nc1ccccc1OCC. The summed E-state index contributed by atoms with van der Waals surface area (Å²) >= 11 is 0. The van der Waals surface area contributed by atoms with E-state index in [9.17, 15) is 9.59 Å². The molecule has 0 saturated heterocycles. The molecule has 2 N–H and O–H groups in total. The molecule has 5 heteroatoms. The highest BCUT2D eigenvalue weighted by Gasteiger charge is 2.36. The second-order valence-electron chi connectivity index (χ2n) is 5.01. The van der Waals surface area contributed by atoms with Crippen molar-refractivity contribution in [3.05, 3.63) is 36.9 Å². The van der Waals surface area contributed by atoms with Crippen LogP contribution >= 0.6 is 0 Å². The van der Waals surface area contributed by atoms with E-state index in [-0.39, 0.29) is 5.91 Å². The first kappa shape index (κ1) is 16.8. The number of para-hydroxylation sites is 2. The van der Waals surface area contributed by atoms with Gasteiger partial charge < -0.3 is 15.4 Å². The Bertz CT molecular complexity index is 524. The molecule has 0 spiro atoms. The summed E-state index contributed by atoms with van der Waals surface area (Å²) in [5.41, 5.74) is -0.642. The van der Waals surface area contributed by atoms with Crippen molar-refractivity contribution in [3.63, 3.8) is 0 Å². The van der Waals surface area contributed by atoms with Crippen molar-refractivity contribution in [2.24, 2.45) is 5.41 Å². The first-order valence-corrected chi connectivity index (χ1v) is 6.86. The molecule has 0 aromatic heterocycles. The quantitative estimate of drug-likeness (QED) is 0.598. The molecule has 1 rings (SSSR count). The predicted octanol–water partition coefficient (Wildman–Crippen LogP) is 2.35. The fourth-order valence-electron chi connectivity index (χ4n) is 1.62. The standard InChI is InChI=1S/C16H22N2O3/c1-5-11-17-14(19)16(3,4)15(20)18-12-9-7-8-10-13(12)21-6-2/h5,7-10H,1,6,11H2,2-4H3,(H,17,19)(H,18,20). The van der Waals surface area contributed by atoms with Crippen LogP contribution in [0.2, 0.25) is 0 Å². The van der Waals surface area contributed by atoms with Gasteiger partial charge in [-0.15, -0.1) is 6.58 Å². The Hall–Kier alpha value is -2.30. The molecular formula is C16H22N2O3. The average molecular weight is 290 g/mol. The molecule has 21 heavy (non-hydrogen) atoms. The van der Waals surface area contributed by atoms with Crippen molar-refractivity contribution < 1.29 is 14.3 Å². The molecule has 2 amide bonds. The molecule has 0 radical (unpaired) electrons. The fraction of sp³-hybridized carbons (Fsp3) is 0.375. The summed E-state index contributed by atoms with van der Waals surface area (Å²) in [5.74, 6) is -0.166. The Morgan fingerprint density at radius 2 is 1.95 bits per heavy atom. The minimum atomic E-state index is -1.19. The van der Waals surface area contributed by atoms with Gasteiger partial charge in [-0.25, -0.2) is 0 Å². The lowest BCUT2D eigenvalue weighted by atomic mass is 9.91. The van der Waals surface area contributed by atoms with E-state index >= 15 is 0 Å². The predicted molar refractivity (Wildman–Crippen MR) is 83.2 cm³/mol. The number of anilines is 1. The first-order chi connectivity index (χ1) is 9.93. The number of amides is 2. The van der Waals surface area contributed by atoms with E-state index in [2.05, 4.69) is 17.2 Å². The Labute approximate surface area is 125 Å². The van der Waals surface area contributed by atoms with E-state index in [1.807, 2.05) is 13.0 Å². The number of ether oxygens (including phenoxy) is 1. The molecule has 0 heterocycles. The molecule has 0 fully saturated rings. The van der Waals surface area contributed by atoms with Gasteiger partial charge in [-0.2, -0.15) is 0 Å². The summed E-state index contributed by atoms with van der Waals surface area (Å²) in [6.07, 6.45) is 1.57. The Kier molecular flexibility index (Phi) is 5.96. The first-order valence-electron chi connectivity index (χ1n) is 6.86. The summed E-state index contributed by atoms with van der Waals surface area (Å²) in [5, 5.41) is 5.37. The highest BCUT2D eigenvalue weighted by atomic mass is 16.5. The minimum absolute atomic E-state index is 0.324. The van der Waals surface area contributed by atoms with Crippen molar-refractivity contribution >= 4 is 17.5 Å². The van der Waals surface area contributed by atoms with Gasteiger partial charge in [-0.1, -0.05) is 18.2 Å². The molecule has 1 aromatic carbocycles. The number of hydrogen-bond acceptors (Lipinski definition) is 3. The summed E-state index contributed by atoms with van der Waals surface area (Å²) in [7, 11) is 0. The molecule has 0 bridgehead atoms. The zero-order valence-corrected chi connectivity index (χ0v) is 12.7. The van der Waals surface area contributed by atoms with Gasteiger partial charge in [-0.05, 0) is 32.9 Å². The van der Waals surface area contributed by atoms with Gasteiger partial charge in [0, 0.05) is 6.54 Å². The van der Waals surface area contributed by atoms with Crippen molar-refractivity contribution in [2.45, 2.75) is 20.8 Å². The van der Waals surface area contributed by atoms with Crippen LogP contribution in [0.4, 0.5) is 5.69 Å². The van der Waals surface area contributed by atoms with E-state index in [1.54, 1.807) is 38.1 Å². The monoisotopic (exact) mass is 290 g/mol. The summed E-state index contributed by atoms with van der Waals surface area (Å²) in [4.78, 5) is 24.4. The lowest BCUT2D eigenvalue weighted by Gasteiger charge is -2.23. The highest BCUT2D eigenvalue weighted by Crippen LogP contribution is 2.26. The molecule has 114 valence electrons. The average Bonchev–Trinajstić information content (AvgIpc) is 2.46. The van der Waals surface area contributed by atoms with Crippen molar-refractivity contribution in [3.8, 4) is 5.75 Å². The zero-order chi connectivity index (χ0) is 15.9. The Morgan fingerprint density at radius 1 is 1.29 bits per heavy atom. The van der Waals surface area contributed by atoms with Crippen LogP contribution in [0.15, 0.2) is 36.9 Å². The second kappa shape index (κ2) is 7.47. The molecule has 1 aromatic rings. The highest BCUT2D eigenvalue weighted by molar-refractivity contribution is 6.10. The minimum Gasteiger partial charge on any atom is -0.492 e. The van der Waals surface area contributed by atoms with Gasteiger partial charge in [0.05, 0.1) is 12.3 Å². The number of nitrogens with one attached hydrogen (secondary N) is 2. The van der Waals surface area contributed by atoms with Crippen molar-refractivity contribution in [2.75, 3.05) is 18.5 Å². The topological polar surface area (TPSA) is 67.4 Å². The Balaban J connectivity index is 2.84. The van der Waals surface area contributed by atoms with Crippen LogP contribution in [0, 0.1) is 5.41 Å². The van der Waals surface area contributed by atoms with Crippen LogP contribution in [-0.4, -0.2) is 25.0 Å². The zero-order valence-electron chi connectivity index (χ0n) is 12.7. The maximum Gasteiger partial charge on any atom is 0.239 e. The molecule has 0 atom stereocenters. The van der Waals surface area contributed by atoms with Gasteiger partial charge in [0.15, 0.2) is 0 Å². The van der Waals surface area contributed by atoms with Crippen LogP contribution < -0.4 is 15.4 Å². The van der Waals surface area contributed by atoms with Gasteiger partial charge in [0.25, 0.3) is 0 Å². The second-order valence-corrected chi connectivity index (χ2v) is 5.01. The molecule has 0 aliphatic heterocycles. The van der Waals surface area contributed by atoms with Crippen LogP contribution in [-0.2, 0) is 9.59 Å². The van der Waals surface area contributed by atoms with E-state index in [0.717, 1.165) is 0 Å². The normalized spacial score (nSPS) is 10.6. The maximum atomic E-state index is 12.3. The molecule has 0 saturated carbocycles. The van der Waals surface area contributed by atoms with Gasteiger partial charge in [-0.3, -0.25) is 9.59 Å². The third-order valence-corrected chi connectivity index (χ3v) is 2.98. The maximum absolute atomic E-state index is 12.3. The van der Waals surface area contributed by atoms with E-state index < -0.39 is 11.3 Å². The van der Waals surface area contributed by atoms with E-state index in [1.165, 1.54) is 0 Å². The van der Waals surface area contributed by atoms with Gasteiger partial charge in [0.2, 0.25) is 11.8 Å². The molecule has 0 aliphatic rings. The van der Waals surface area contributed by atoms with Crippen molar-refractivity contribution in [1.29, 1.82) is 0 Å². The number of hydrogen-bond donors (Lipinski definition) is 2. The largest absolute Gasteiger partial charge is 0.492 e. The van der Waals surface area contributed by atoms with Gasteiger partial charge >= 0.3 is 0 Å². The number of carbonyl (C=O) groups excluding carboxylic acids is 2. The lowest BCUT2D eigenvalue weighted by molar-refractivity contribution is -0.138. The summed E-state index contributed by atoms with van der Waals surface area (Å²) < 4.78 is 5.45. The number of benzene rings is 1. The van der Waals surface area contributed by atoms with Crippen LogP contribution in [0.3, 0.4) is 0 Å². The van der Waals surface area contributed by atoms with E-state index in [4.69, 9.17) is 4.74 Å². The third-order valence-electron chi connectivity index (χ3n) is 2.98. The van der Waals surface area contributed by atoms with Crippen LogP contribution in [0.1, 0.15) is 20.8 Å². The van der Waals surface area contributed by atoms with E-state index in [0.29, 0.717) is 24.6 Å². The van der Waals surface area contributed by atoms with Gasteiger partial charge in [0.1, 0.15) is 11.2 Å². The van der Waals surface area contributed by atoms with Crippen LogP contribution in [0.25, 0.3) is 0 Å². The van der Waals surface area contributed by atoms with Crippen molar-refractivity contribution in [1.82, 2.24) is 5.32 Å².